The lowest BCUT2D eigenvalue weighted by atomic mass is 9.92. The molecule has 5 aromatic rings. The van der Waals surface area contributed by atoms with E-state index in [9.17, 15) is 0 Å². The Morgan fingerprint density at radius 3 is 2.13 bits per heavy atom. The Kier molecular flexibility index (Phi) is 5.13. The van der Waals surface area contributed by atoms with E-state index in [1.165, 1.54) is 48.3 Å². The molecule has 0 spiro atoms. The Balaban J connectivity index is 1.40. The summed E-state index contributed by atoms with van der Waals surface area (Å²) in [5, 5.41) is 8.14. The van der Waals surface area contributed by atoms with Crippen molar-refractivity contribution in [2.75, 3.05) is 27.8 Å². The smallest absolute Gasteiger partial charge is 0.160 e. The van der Waals surface area contributed by atoms with Gasteiger partial charge in [0.05, 0.1) is 27.8 Å². The molecule has 5 rings (SSSR count). The first-order chi connectivity index (χ1) is 15.2. The van der Waals surface area contributed by atoms with E-state index in [2.05, 4.69) is 73.8 Å². The number of quaternary nitrogens is 1. The molecular formula is C28H28NO2+. The molecule has 0 aliphatic rings. The summed E-state index contributed by atoms with van der Waals surface area (Å²) in [6, 6.07) is 26.4. The minimum atomic E-state index is 0.778. The summed E-state index contributed by atoms with van der Waals surface area (Å²) in [5.41, 5.74) is 2.68. The fourth-order valence-corrected chi connectivity index (χ4v) is 4.76. The quantitative estimate of drug-likeness (QED) is 0.387. The van der Waals surface area contributed by atoms with Crippen molar-refractivity contribution in [2.24, 2.45) is 0 Å². The van der Waals surface area contributed by atoms with Gasteiger partial charge in [0, 0.05) is 12.0 Å². The van der Waals surface area contributed by atoms with E-state index in [1.54, 1.807) is 14.2 Å². The first-order valence-corrected chi connectivity index (χ1v) is 10.9. The van der Waals surface area contributed by atoms with Gasteiger partial charge in [0.2, 0.25) is 0 Å². The molecule has 156 valence electrons. The topological polar surface area (TPSA) is 22.9 Å². The second kappa shape index (κ2) is 8.09. The third kappa shape index (κ3) is 3.55. The Bertz CT molecular complexity index is 1340. The first-order valence-electron chi connectivity index (χ1n) is 10.9. The largest absolute Gasteiger partial charge is 0.493 e. The summed E-state index contributed by atoms with van der Waals surface area (Å²) < 4.78 is 10.8. The molecule has 0 bridgehead atoms. The van der Waals surface area contributed by atoms with Crippen LogP contribution in [0.25, 0.3) is 32.3 Å². The summed E-state index contributed by atoms with van der Waals surface area (Å²) in [4.78, 5) is 1.49. The van der Waals surface area contributed by atoms with Gasteiger partial charge in [-0.25, -0.2) is 0 Å². The van der Waals surface area contributed by atoms with Crippen LogP contribution >= 0.6 is 0 Å². The maximum absolute atomic E-state index is 5.45. The van der Waals surface area contributed by atoms with Crippen molar-refractivity contribution in [1.29, 1.82) is 0 Å². The summed E-state index contributed by atoms with van der Waals surface area (Å²) in [7, 11) is 5.64. The molecule has 0 saturated carbocycles. The molecular weight excluding hydrogens is 382 g/mol. The van der Waals surface area contributed by atoms with Crippen LogP contribution in [0.1, 0.15) is 11.1 Å². The lowest BCUT2D eigenvalue weighted by Gasteiger charge is -2.18. The van der Waals surface area contributed by atoms with E-state index < -0.39 is 0 Å². The molecule has 0 saturated heterocycles. The van der Waals surface area contributed by atoms with Crippen molar-refractivity contribution in [3.8, 4) is 11.5 Å². The number of benzene rings is 5. The van der Waals surface area contributed by atoms with Gasteiger partial charge in [-0.15, -0.1) is 0 Å². The summed E-state index contributed by atoms with van der Waals surface area (Å²) >= 11 is 0. The lowest BCUT2D eigenvalue weighted by molar-refractivity contribution is -0.893. The van der Waals surface area contributed by atoms with E-state index in [4.69, 9.17) is 9.47 Å². The summed E-state index contributed by atoms with van der Waals surface area (Å²) in [5.74, 6) is 1.57. The standard InChI is InChI=1S/C28H27NO2/c1-29(16-15-19-7-14-25(30-2)26(17-19)31-3)18-23-11-10-22-9-8-20-5-4-6-21-12-13-24(23)28(22)27(20)21/h4-14,17H,15-16,18H2,1-3H3/p+1. The van der Waals surface area contributed by atoms with Crippen molar-refractivity contribution in [1.82, 2.24) is 0 Å². The maximum atomic E-state index is 5.45. The van der Waals surface area contributed by atoms with Gasteiger partial charge in [0.15, 0.2) is 11.5 Å². The zero-order chi connectivity index (χ0) is 21.4. The Labute approximate surface area is 183 Å². The minimum absolute atomic E-state index is 0.778. The highest BCUT2D eigenvalue weighted by Gasteiger charge is 2.14. The Morgan fingerprint density at radius 2 is 1.39 bits per heavy atom. The molecule has 3 heteroatoms. The van der Waals surface area contributed by atoms with Crippen LogP contribution < -0.4 is 14.4 Å². The fourth-order valence-electron chi connectivity index (χ4n) is 4.76. The van der Waals surface area contributed by atoms with E-state index in [0.717, 1.165) is 31.0 Å². The predicted octanol–water partition coefficient (Wildman–Crippen LogP) is 4.86. The number of ether oxygens (including phenoxy) is 2. The third-order valence-electron chi connectivity index (χ3n) is 6.40. The highest BCUT2D eigenvalue weighted by molar-refractivity contribution is 6.23. The van der Waals surface area contributed by atoms with Gasteiger partial charge in [-0.2, -0.15) is 0 Å². The minimum Gasteiger partial charge on any atom is -0.493 e. The van der Waals surface area contributed by atoms with Crippen molar-refractivity contribution in [2.45, 2.75) is 13.0 Å². The molecule has 5 aromatic carbocycles. The number of likely N-dealkylation sites (N-methyl/N-ethyl adjacent to an activating group) is 1. The van der Waals surface area contributed by atoms with Gasteiger partial charge in [-0.3, -0.25) is 0 Å². The maximum Gasteiger partial charge on any atom is 0.160 e. The molecule has 1 N–H and O–H groups in total. The Morgan fingerprint density at radius 1 is 0.710 bits per heavy atom. The zero-order valence-electron chi connectivity index (χ0n) is 18.4. The molecule has 0 aromatic heterocycles. The summed E-state index contributed by atoms with van der Waals surface area (Å²) in [6.07, 6.45) is 0.998. The van der Waals surface area contributed by atoms with Crippen LogP contribution in [0.4, 0.5) is 0 Å². The van der Waals surface area contributed by atoms with Crippen molar-refractivity contribution in [3.05, 3.63) is 83.9 Å². The number of rotatable bonds is 7. The number of hydrogen-bond donors (Lipinski definition) is 1. The van der Waals surface area contributed by atoms with Gasteiger partial charge in [0.25, 0.3) is 0 Å². The number of methoxy groups -OCH3 is 2. The van der Waals surface area contributed by atoms with Gasteiger partial charge in [0.1, 0.15) is 6.54 Å². The molecule has 3 nitrogen and oxygen atoms in total. The van der Waals surface area contributed by atoms with E-state index in [-0.39, 0.29) is 0 Å². The van der Waals surface area contributed by atoms with Gasteiger partial charge in [-0.1, -0.05) is 60.7 Å². The molecule has 0 fully saturated rings. The van der Waals surface area contributed by atoms with Crippen molar-refractivity contribution < 1.29 is 14.4 Å². The average molecular weight is 411 g/mol. The molecule has 0 aliphatic heterocycles. The molecule has 1 atom stereocenters. The highest BCUT2D eigenvalue weighted by atomic mass is 16.5. The SMILES string of the molecule is COc1ccc(CC[NH+](C)Cc2ccc3ccc4cccc5ccc2c3c45)cc1OC. The van der Waals surface area contributed by atoms with Crippen LogP contribution in [0.2, 0.25) is 0 Å². The van der Waals surface area contributed by atoms with Crippen LogP contribution in [-0.2, 0) is 13.0 Å². The second-order valence-electron chi connectivity index (χ2n) is 8.40. The summed E-state index contributed by atoms with van der Waals surface area (Å²) in [6.45, 7) is 2.05. The normalized spacial score (nSPS) is 12.6. The molecule has 1 unspecified atom stereocenters. The monoisotopic (exact) mass is 410 g/mol. The molecule has 0 heterocycles. The molecule has 0 amide bonds. The highest BCUT2D eigenvalue weighted by Crippen LogP contribution is 2.35. The molecule has 0 radical (unpaired) electrons. The van der Waals surface area contributed by atoms with Gasteiger partial charge >= 0.3 is 0 Å². The first kappa shape index (κ1) is 19.7. The van der Waals surface area contributed by atoms with Crippen molar-refractivity contribution >= 4 is 32.3 Å². The van der Waals surface area contributed by atoms with Crippen LogP contribution in [0.3, 0.4) is 0 Å². The van der Waals surface area contributed by atoms with Gasteiger partial charge < -0.3 is 14.4 Å². The van der Waals surface area contributed by atoms with Gasteiger partial charge in [-0.05, 0) is 50.0 Å². The molecule has 0 aliphatic carbocycles. The fraction of sp³-hybridized carbons (Fsp3) is 0.214. The van der Waals surface area contributed by atoms with Crippen LogP contribution in [0.5, 0.6) is 11.5 Å². The number of nitrogens with one attached hydrogen (secondary N) is 1. The van der Waals surface area contributed by atoms with Crippen LogP contribution in [0.15, 0.2) is 72.8 Å². The zero-order valence-corrected chi connectivity index (χ0v) is 18.4. The van der Waals surface area contributed by atoms with Crippen LogP contribution in [-0.4, -0.2) is 27.8 Å². The Hall–Kier alpha value is -3.30. The predicted molar refractivity (Wildman–Crippen MR) is 129 cm³/mol. The average Bonchev–Trinajstić information content (AvgIpc) is 2.82. The van der Waals surface area contributed by atoms with E-state index >= 15 is 0 Å². The molecule has 31 heavy (non-hydrogen) atoms. The lowest BCUT2D eigenvalue weighted by Crippen LogP contribution is -3.07. The second-order valence-corrected chi connectivity index (χ2v) is 8.40. The number of hydrogen-bond acceptors (Lipinski definition) is 2. The third-order valence-corrected chi connectivity index (χ3v) is 6.40. The van der Waals surface area contributed by atoms with Crippen LogP contribution in [0, 0.1) is 0 Å². The van der Waals surface area contributed by atoms with E-state index in [0.29, 0.717) is 0 Å². The van der Waals surface area contributed by atoms with Crippen molar-refractivity contribution in [3.63, 3.8) is 0 Å². The van der Waals surface area contributed by atoms with E-state index in [1.807, 2.05) is 6.07 Å².